The standard InChI is InChI=1S/C12H15ClN2O4S2/c1-3-15(7-11(16)19-2)21(17,18)10-6-8(12(14)20)4-5-9(10)13/h4-6H,3,7H2,1-2H3,(H2,14,20). The van der Waals surface area contributed by atoms with Crippen molar-refractivity contribution in [1.29, 1.82) is 0 Å². The number of hydrogen-bond donors (Lipinski definition) is 1. The van der Waals surface area contributed by atoms with E-state index in [0.29, 0.717) is 5.56 Å². The van der Waals surface area contributed by atoms with Crippen molar-refractivity contribution in [1.82, 2.24) is 4.31 Å². The summed E-state index contributed by atoms with van der Waals surface area (Å²) >= 11 is 10.8. The summed E-state index contributed by atoms with van der Waals surface area (Å²) in [6.07, 6.45) is 0. The van der Waals surface area contributed by atoms with Gasteiger partial charge < -0.3 is 10.5 Å². The van der Waals surface area contributed by atoms with Gasteiger partial charge in [0, 0.05) is 12.1 Å². The minimum Gasteiger partial charge on any atom is -0.468 e. The maximum absolute atomic E-state index is 12.6. The smallest absolute Gasteiger partial charge is 0.321 e. The van der Waals surface area contributed by atoms with Gasteiger partial charge in [0.25, 0.3) is 0 Å². The SMILES string of the molecule is CCN(CC(=O)OC)S(=O)(=O)c1cc(C(N)=S)ccc1Cl. The number of carbonyl (C=O) groups is 1. The molecule has 0 saturated heterocycles. The molecule has 0 aromatic heterocycles. The number of nitrogens with zero attached hydrogens (tertiary/aromatic N) is 1. The Labute approximate surface area is 133 Å². The minimum atomic E-state index is -3.96. The van der Waals surface area contributed by atoms with Crippen LogP contribution in [0.3, 0.4) is 0 Å². The van der Waals surface area contributed by atoms with Crippen LogP contribution in [-0.4, -0.2) is 43.9 Å². The molecular weight excluding hydrogens is 336 g/mol. The molecule has 0 heterocycles. The highest BCUT2D eigenvalue weighted by molar-refractivity contribution is 7.89. The van der Waals surface area contributed by atoms with Crippen molar-refractivity contribution in [3.8, 4) is 0 Å². The van der Waals surface area contributed by atoms with E-state index in [-0.39, 0.29) is 21.5 Å². The summed E-state index contributed by atoms with van der Waals surface area (Å²) < 4.78 is 30.6. The highest BCUT2D eigenvalue weighted by atomic mass is 35.5. The zero-order valence-corrected chi connectivity index (χ0v) is 13.9. The Morgan fingerprint density at radius 2 is 2.10 bits per heavy atom. The number of carbonyl (C=O) groups excluding carboxylic acids is 1. The Hall–Kier alpha value is -1.22. The van der Waals surface area contributed by atoms with Crippen molar-refractivity contribution >= 4 is 44.8 Å². The van der Waals surface area contributed by atoms with Crippen LogP contribution in [0.15, 0.2) is 23.1 Å². The maximum atomic E-state index is 12.6. The number of methoxy groups -OCH3 is 1. The molecule has 0 saturated carbocycles. The first-order valence-corrected chi connectivity index (χ1v) is 8.13. The summed E-state index contributed by atoms with van der Waals surface area (Å²) in [5, 5.41) is 0.0262. The number of rotatable bonds is 6. The van der Waals surface area contributed by atoms with Crippen LogP contribution < -0.4 is 5.73 Å². The Morgan fingerprint density at radius 1 is 1.48 bits per heavy atom. The molecule has 116 valence electrons. The molecule has 1 aromatic carbocycles. The summed E-state index contributed by atoms with van der Waals surface area (Å²) in [5.74, 6) is -0.665. The molecule has 9 heteroatoms. The van der Waals surface area contributed by atoms with Crippen molar-refractivity contribution in [2.24, 2.45) is 5.73 Å². The van der Waals surface area contributed by atoms with Gasteiger partial charge in [0.15, 0.2) is 0 Å². The van der Waals surface area contributed by atoms with E-state index in [2.05, 4.69) is 4.74 Å². The maximum Gasteiger partial charge on any atom is 0.321 e. The first-order chi connectivity index (χ1) is 9.73. The summed E-state index contributed by atoms with van der Waals surface area (Å²) in [5.41, 5.74) is 5.87. The van der Waals surface area contributed by atoms with Crippen LogP contribution in [0.4, 0.5) is 0 Å². The van der Waals surface area contributed by atoms with Crippen LogP contribution in [0, 0.1) is 0 Å². The summed E-state index contributed by atoms with van der Waals surface area (Å²) in [6.45, 7) is 1.29. The van der Waals surface area contributed by atoms with Gasteiger partial charge in [0.1, 0.15) is 16.4 Å². The van der Waals surface area contributed by atoms with E-state index in [0.717, 1.165) is 4.31 Å². The zero-order chi connectivity index (χ0) is 16.2. The van der Waals surface area contributed by atoms with E-state index in [9.17, 15) is 13.2 Å². The third-order valence-electron chi connectivity index (χ3n) is 2.72. The first-order valence-electron chi connectivity index (χ1n) is 5.90. The molecule has 0 aliphatic rings. The van der Waals surface area contributed by atoms with Gasteiger partial charge in [0.05, 0.1) is 12.1 Å². The molecule has 0 radical (unpaired) electrons. The van der Waals surface area contributed by atoms with Gasteiger partial charge in [-0.3, -0.25) is 4.79 Å². The van der Waals surface area contributed by atoms with Crippen molar-refractivity contribution in [3.05, 3.63) is 28.8 Å². The first kappa shape index (κ1) is 17.8. The van der Waals surface area contributed by atoms with Gasteiger partial charge >= 0.3 is 5.97 Å². The van der Waals surface area contributed by atoms with Crippen LogP contribution in [0.1, 0.15) is 12.5 Å². The normalized spacial score (nSPS) is 11.4. The van der Waals surface area contributed by atoms with E-state index in [1.54, 1.807) is 6.92 Å². The molecule has 0 atom stereocenters. The average molecular weight is 351 g/mol. The monoisotopic (exact) mass is 350 g/mol. The molecule has 0 spiro atoms. The second kappa shape index (κ2) is 7.17. The lowest BCUT2D eigenvalue weighted by Crippen LogP contribution is -2.36. The van der Waals surface area contributed by atoms with Gasteiger partial charge in [-0.1, -0.05) is 36.8 Å². The van der Waals surface area contributed by atoms with Crippen molar-refractivity contribution < 1.29 is 17.9 Å². The predicted molar refractivity (Wildman–Crippen MR) is 83.8 cm³/mol. The third-order valence-corrected chi connectivity index (χ3v) is 5.36. The van der Waals surface area contributed by atoms with Crippen molar-refractivity contribution in [2.75, 3.05) is 20.2 Å². The van der Waals surface area contributed by atoms with Gasteiger partial charge in [0.2, 0.25) is 10.0 Å². The molecule has 1 rings (SSSR count). The lowest BCUT2D eigenvalue weighted by Gasteiger charge is -2.20. The lowest BCUT2D eigenvalue weighted by atomic mass is 10.2. The number of sulfonamides is 1. The number of nitrogens with two attached hydrogens (primary N) is 1. The third kappa shape index (κ3) is 4.13. The fourth-order valence-electron chi connectivity index (χ4n) is 1.57. The highest BCUT2D eigenvalue weighted by Crippen LogP contribution is 2.26. The molecule has 6 nitrogen and oxygen atoms in total. The van der Waals surface area contributed by atoms with Gasteiger partial charge in [-0.2, -0.15) is 4.31 Å². The summed E-state index contributed by atoms with van der Waals surface area (Å²) in [6, 6.07) is 4.22. The molecular formula is C12H15ClN2O4S2. The van der Waals surface area contributed by atoms with Crippen LogP contribution in [0.2, 0.25) is 5.02 Å². The van der Waals surface area contributed by atoms with E-state index >= 15 is 0 Å². The Bertz CT molecular complexity index is 661. The number of hydrogen-bond acceptors (Lipinski definition) is 5. The molecule has 0 aliphatic heterocycles. The van der Waals surface area contributed by atoms with Crippen LogP contribution in [0.25, 0.3) is 0 Å². The average Bonchev–Trinajstić information content (AvgIpc) is 2.44. The Morgan fingerprint density at radius 3 is 2.57 bits per heavy atom. The largest absolute Gasteiger partial charge is 0.468 e. The van der Waals surface area contributed by atoms with E-state index < -0.39 is 22.5 Å². The Kier molecular flexibility index (Phi) is 6.09. The molecule has 0 amide bonds. The highest BCUT2D eigenvalue weighted by Gasteiger charge is 2.28. The number of ether oxygens (including phenoxy) is 1. The summed E-state index contributed by atoms with van der Waals surface area (Å²) in [4.78, 5) is 11.2. The van der Waals surface area contributed by atoms with Gasteiger partial charge in [-0.15, -0.1) is 0 Å². The van der Waals surface area contributed by atoms with Crippen LogP contribution >= 0.6 is 23.8 Å². The fourth-order valence-corrected chi connectivity index (χ4v) is 3.59. The van der Waals surface area contributed by atoms with E-state index in [4.69, 9.17) is 29.6 Å². The predicted octanol–water partition coefficient (Wildman–Crippen LogP) is 1.16. The topological polar surface area (TPSA) is 89.7 Å². The second-order valence-corrected chi connectivity index (χ2v) is 6.77. The summed E-state index contributed by atoms with van der Waals surface area (Å²) in [7, 11) is -2.77. The molecule has 0 unspecified atom stereocenters. The molecule has 1 aromatic rings. The number of esters is 1. The molecule has 0 bridgehead atoms. The van der Waals surface area contributed by atoms with Crippen LogP contribution in [0.5, 0.6) is 0 Å². The molecule has 0 aliphatic carbocycles. The number of thiocarbonyl (C=S) groups is 1. The van der Waals surface area contributed by atoms with Crippen molar-refractivity contribution in [2.45, 2.75) is 11.8 Å². The number of likely N-dealkylation sites (N-methyl/N-ethyl adjacent to an activating group) is 1. The van der Waals surface area contributed by atoms with Crippen molar-refractivity contribution in [3.63, 3.8) is 0 Å². The van der Waals surface area contributed by atoms with E-state index in [1.165, 1.54) is 25.3 Å². The molecule has 2 N–H and O–H groups in total. The lowest BCUT2D eigenvalue weighted by molar-refractivity contribution is -0.140. The number of benzene rings is 1. The van der Waals surface area contributed by atoms with Gasteiger partial charge in [-0.25, -0.2) is 8.42 Å². The fraction of sp³-hybridized carbons (Fsp3) is 0.333. The molecule has 0 fully saturated rings. The molecule has 21 heavy (non-hydrogen) atoms. The minimum absolute atomic E-state index is 0.0262. The van der Waals surface area contributed by atoms with Gasteiger partial charge in [-0.05, 0) is 12.1 Å². The van der Waals surface area contributed by atoms with E-state index in [1.807, 2.05) is 0 Å². The Balaban J connectivity index is 3.31. The number of halogens is 1. The quantitative estimate of drug-likeness (QED) is 0.611. The second-order valence-electron chi connectivity index (χ2n) is 4.02. The van der Waals surface area contributed by atoms with Crippen LogP contribution in [-0.2, 0) is 19.6 Å². The zero-order valence-electron chi connectivity index (χ0n) is 11.5.